The first kappa shape index (κ1) is 11.0. The van der Waals surface area contributed by atoms with E-state index in [1.807, 2.05) is 0 Å². The largest absolute Gasteiger partial charge is 0.229 e. The fraction of sp³-hybridized carbons (Fsp3) is 0.400. The zero-order valence-corrected chi connectivity index (χ0v) is 10.4. The first-order valence-electron chi connectivity index (χ1n) is 5.26. The van der Waals surface area contributed by atoms with Gasteiger partial charge in [0.15, 0.2) is 21.3 Å². The van der Waals surface area contributed by atoms with Crippen molar-refractivity contribution in [3.63, 3.8) is 0 Å². The molecule has 17 heavy (non-hydrogen) atoms. The van der Waals surface area contributed by atoms with E-state index in [9.17, 15) is 8.42 Å². The van der Waals surface area contributed by atoms with Crippen LogP contribution in [0.4, 0.5) is 0 Å². The molecule has 1 saturated heterocycles. The van der Waals surface area contributed by atoms with Gasteiger partial charge in [0.25, 0.3) is 0 Å². The number of halogens is 1. The van der Waals surface area contributed by atoms with Crippen LogP contribution >= 0.6 is 11.6 Å². The van der Waals surface area contributed by atoms with Crippen LogP contribution in [-0.4, -0.2) is 34.5 Å². The number of nitrogens with zero attached hydrogens (tertiary/aromatic N) is 3. The van der Waals surface area contributed by atoms with Crippen molar-refractivity contribution in [2.75, 3.05) is 11.5 Å². The molecule has 0 amide bonds. The molecule has 1 fully saturated rings. The van der Waals surface area contributed by atoms with E-state index >= 15 is 0 Å². The van der Waals surface area contributed by atoms with Crippen LogP contribution in [0.5, 0.6) is 0 Å². The molecule has 5 nitrogen and oxygen atoms in total. The molecule has 7 heteroatoms. The Balaban J connectivity index is 2.02. The third kappa shape index (κ3) is 2.02. The molecule has 90 valence electrons. The minimum Gasteiger partial charge on any atom is -0.229 e. The number of sulfone groups is 1. The Bertz CT molecular complexity index is 680. The highest BCUT2D eigenvalue weighted by atomic mass is 35.5. The van der Waals surface area contributed by atoms with E-state index in [4.69, 9.17) is 11.6 Å². The van der Waals surface area contributed by atoms with Crippen LogP contribution in [0.3, 0.4) is 0 Å². The zero-order chi connectivity index (χ0) is 12.0. The lowest BCUT2D eigenvalue weighted by Crippen LogP contribution is -2.05. The van der Waals surface area contributed by atoms with Gasteiger partial charge < -0.3 is 0 Å². The van der Waals surface area contributed by atoms with Gasteiger partial charge in [0.05, 0.1) is 16.5 Å². The van der Waals surface area contributed by atoms with E-state index in [0.717, 1.165) is 0 Å². The third-order valence-corrected chi connectivity index (χ3v) is 4.90. The highest BCUT2D eigenvalue weighted by molar-refractivity contribution is 7.91. The molecule has 3 rings (SSSR count). The summed E-state index contributed by atoms with van der Waals surface area (Å²) in [7, 11) is -2.90. The standard InChI is InChI=1S/C10H10ClN3O2S/c11-8-1-2-9-12-10(13-14(9)5-8)7-3-4-17(15,16)6-7/h1-2,5,7H,3-4,6H2. The van der Waals surface area contributed by atoms with Crippen molar-refractivity contribution in [2.24, 2.45) is 0 Å². The van der Waals surface area contributed by atoms with Gasteiger partial charge in [-0.15, -0.1) is 0 Å². The highest BCUT2D eigenvalue weighted by Gasteiger charge is 2.31. The summed E-state index contributed by atoms with van der Waals surface area (Å²) in [6.45, 7) is 0. The average molecular weight is 272 g/mol. The molecular formula is C10H10ClN3O2S. The molecule has 2 aromatic heterocycles. The first-order valence-corrected chi connectivity index (χ1v) is 7.46. The van der Waals surface area contributed by atoms with Crippen molar-refractivity contribution in [1.29, 1.82) is 0 Å². The molecule has 0 radical (unpaired) electrons. The van der Waals surface area contributed by atoms with Crippen molar-refractivity contribution in [3.05, 3.63) is 29.2 Å². The molecule has 0 N–H and O–H groups in total. The molecule has 1 unspecified atom stereocenters. The molecule has 1 aliphatic heterocycles. The Kier molecular flexibility index (Phi) is 2.38. The van der Waals surface area contributed by atoms with Crippen LogP contribution in [-0.2, 0) is 9.84 Å². The maximum atomic E-state index is 11.4. The summed E-state index contributed by atoms with van der Waals surface area (Å²) in [4.78, 5) is 4.33. The zero-order valence-electron chi connectivity index (χ0n) is 8.88. The lowest BCUT2D eigenvalue weighted by Gasteiger charge is -1.98. The summed E-state index contributed by atoms with van der Waals surface area (Å²) < 4.78 is 24.4. The Morgan fingerprint density at radius 3 is 2.94 bits per heavy atom. The molecule has 1 aliphatic rings. The summed E-state index contributed by atoms with van der Waals surface area (Å²) in [6, 6.07) is 3.50. The van der Waals surface area contributed by atoms with Crippen LogP contribution in [0.2, 0.25) is 5.02 Å². The summed E-state index contributed by atoms with van der Waals surface area (Å²) >= 11 is 5.85. The summed E-state index contributed by atoms with van der Waals surface area (Å²) in [6.07, 6.45) is 2.27. The molecule has 0 aromatic carbocycles. The highest BCUT2D eigenvalue weighted by Crippen LogP contribution is 2.27. The van der Waals surface area contributed by atoms with Gasteiger partial charge in [-0.3, -0.25) is 0 Å². The molecule has 0 bridgehead atoms. The third-order valence-electron chi connectivity index (χ3n) is 2.91. The fourth-order valence-corrected chi connectivity index (χ4v) is 3.94. The molecule has 2 aromatic rings. The van der Waals surface area contributed by atoms with Crippen LogP contribution in [0.15, 0.2) is 18.3 Å². The van der Waals surface area contributed by atoms with Gasteiger partial charge in [-0.2, -0.15) is 5.10 Å². The van der Waals surface area contributed by atoms with E-state index in [-0.39, 0.29) is 17.4 Å². The number of pyridine rings is 1. The number of fused-ring (bicyclic) bond motifs is 1. The molecule has 0 aliphatic carbocycles. The average Bonchev–Trinajstić information content (AvgIpc) is 2.80. The second-order valence-electron chi connectivity index (χ2n) is 4.22. The number of hydrogen-bond acceptors (Lipinski definition) is 4. The Morgan fingerprint density at radius 1 is 1.41 bits per heavy atom. The van der Waals surface area contributed by atoms with Crippen molar-refractivity contribution < 1.29 is 8.42 Å². The minimum atomic E-state index is -2.90. The normalized spacial score (nSPS) is 23.2. The van der Waals surface area contributed by atoms with E-state index in [0.29, 0.717) is 22.9 Å². The summed E-state index contributed by atoms with van der Waals surface area (Å²) in [5.74, 6) is 0.887. The Morgan fingerprint density at radius 2 is 2.24 bits per heavy atom. The summed E-state index contributed by atoms with van der Waals surface area (Å²) in [5.41, 5.74) is 0.689. The van der Waals surface area contributed by atoms with Gasteiger partial charge in [0.1, 0.15) is 0 Å². The van der Waals surface area contributed by atoms with Crippen LogP contribution < -0.4 is 0 Å². The Hall–Kier alpha value is -1.14. The molecule has 0 spiro atoms. The molecule has 0 saturated carbocycles. The monoisotopic (exact) mass is 271 g/mol. The van der Waals surface area contributed by atoms with Crippen LogP contribution in [0.1, 0.15) is 18.2 Å². The van der Waals surface area contributed by atoms with Gasteiger partial charge in [-0.25, -0.2) is 17.9 Å². The van der Waals surface area contributed by atoms with E-state index < -0.39 is 9.84 Å². The van der Waals surface area contributed by atoms with Crippen molar-refractivity contribution >= 4 is 27.1 Å². The van der Waals surface area contributed by atoms with Gasteiger partial charge >= 0.3 is 0 Å². The number of aromatic nitrogens is 3. The molecular weight excluding hydrogens is 262 g/mol. The first-order chi connectivity index (χ1) is 8.03. The SMILES string of the molecule is O=S1(=O)CCC(c2nc3ccc(Cl)cn3n2)C1. The topological polar surface area (TPSA) is 64.3 Å². The van der Waals surface area contributed by atoms with Gasteiger partial charge in [-0.1, -0.05) is 11.6 Å². The second-order valence-corrected chi connectivity index (χ2v) is 6.89. The number of hydrogen-bond donors (Lipinski definition) is 0. The van der Waals surface area contributed by atoms with Gasteiger partial charge in [0.2, 0.25) is 0 Å². The lowest BCUT2D eigenvalue weighted by atomic mass is 10.1. The Labute approximate surface area is 103 Å². The van der Waals surface area contributed by atoms with Crippen molar-refractivity contribution in [2.45, 2.75) is 12.3 Å². The van der Waals surface area contributed by atoms with Gasteiger partial charge in [0, 0.05) is 12.1 Å². The van der Waals surface area contributed by atoms with Crippen LogP contribution in [0, 0.1) is 0 Å². The predicted molar refractivity (Wildman–Crippen MR) is 64.0 cm³/mol. The van der Waals surface area contributed by atoms with Gasteiger partial charge in [-0.05, 0) is 18.6 Å². The quantitative estimate of drug-likeness (QED) is 0.784. The lowest BCUT2D eigenvalue weighted by molar-refractivity contribution is 0.601. The fourth-order valence-electron chi connectivity index (χ4n) is 2.05. The second kappa shape index (κ2) is 3.68. The maximum Gasteiger partial charge on any atom is 0.155 e. The number of rotatable bonds is 1. The van der Waals surface area contributed by atoms with E-state index in [1.165, 1.54) is 0 Å². The molecule has 1 atom stereocenters. The van der Waals surface area contributed by atoms with E-state index in [1.54, 1.807) is 22.8 Å². The molecule has 3 heterocycles. The van der Waals surface area contributed by atoms with E-state index in [2.05, 4.69) is 10.1 Å². The van der Waals surface area contributed by atoms with Crippen molar-refractivity contribution in [1.82, 2.24) is 14.6 Å². The summed E-state index contributed by atoms with van der Waals surface area (Å²) in [5, 5.41) is 4.85. The smallest absolute Gasteiger partial charge is 0.155 e. The van der Waals surface area contributed by atoms with Crippen LogP contribution in [0.25, 0.3) is 5.65 Å². The van der Waals surface area contributed by atoms with Crippen molar-refractivity contribution in [3.8, 4) is 0 Å². The minimum absolute atomic E-state index is 0.0846. The predicted octanol–water partition coefficient (Wildman–Crippen LogP) is 1.28. The maximum absolute atomic E-state index is 11.4.